The quantitative estimate of drug-likeness (QED) is 0.254. The Hall–Kier alpha value is -1.45. The van der Waals surface area contributed by atoms with E-state index >= 15 is 0 Å². The molecule has 0 saturated carbocycles. The minimum absolute atomic E-state index is 0.853. The van der Waals surface area contributed by atoms with Crippen LogP contribution in [0.4, 0.5) is 0 Å². The zero-order valence-corrected chi connectivity index (χ0v) is 5.87. The molecular formula is C6H7NO4. The molecule has 0 radical (unpaired) electrons. The smallest absolute Gasteiger partial charge is 0.250 e. The maximum absolute atomic E-state index is 10.7. The predicted octanol–water partition coefficient (Wildman–Crippen LogP) is -0.329. The fourth-order valence-corrected chi connectivity index (χ4v) is 0.413. The van der Waals surface area contributed by atoms with Gasteiger partial charge in [-0.15, -0.1) is 0 Å². The van der Waals surface area contributed by atoms with Crippen molar-refractivity contribution < 1.29 is 19.8 Å². The van der Waals surface area contributed by atoms with Crippen molar-refractivity contribution in [2.75, 3.05) is 0 Å². The molecule has 0 saturated heterocycles. The summed E-state index contributed by atoms with van der Waals surface area (Å²) >= 11 is 0. The second kappa shape index (κ2) is 3.09. The fraction of sp³-hybridized carbons (Fsp3) is 0.333. The number of nitrogens with zero attached hydrogens (tertiary/aromatic N) is 1. The van der Waals surface area contributed by atoms with Crippen molar-refractivity contribution in [3.05, 3.63) is 12.3 Å². The summed E-state index contributed by atoms with van der Waals surface area (Å²) in [6.07, 6.45) is 0.996. The molecule has 2 N–H and O–H groups in total. The van der Waals surface area contributed by atoms with Gasteiger partial charge >= 0.3 is 0 Å². The van der Waals surface area contributed by atoms with Crippen LogP contribution >= 0.6 is 0 Å². The molecule has 0 amide bonds. The molecule has 1 unspecified atom stereocenters. The second-order valence-electron chi connectivity index (χ2n) is 2.00. The maximum atomic E-state index is 10.7. The summed E-state index contributed by atoms with van der Waals surface area (Å²) in [6, 6.07) is 0. The molecule has 0 fully saturated rings. The largest absolute Gasteiger partial charge is 0.505 e. The van der Waals surface area contributed by atoms with Gasteiger partial charge in [0.2, 0.25) is 11.8 Å². The number of aliphatic imine (C=N–C) groups is 1. The molecule has 0 aliphatic carbocycles. The third kappa shape index (κ3) is 2.33. The summed E-state index contributed by atoms with van der Waals surface area (Å²) < 4.78 is 0. The van der Waals surface area contributed by atoms with E-state index in [1.165, 1.54) is 0 Å². The molecule has 0 heterocycles. The first-order valence-electron chi connectivity index (χ1n) is 2.66. The van der Waals surface area contributed by atoms with Crippen LogP contribution in [0.1, 0.15) is 6.92 Å². The summed E-state index contributed by atoms with van der Waals surface area (Å²) in [4.78, 5) is 23.1. The van der Waals surface area contributed by atoms with Gasteiger partial charge in [-0.3, -0.25) is 4.79 Å². The van der Waals surface area contributed by atoms with E-state index in [0.717, 1.165) is 13.0 Å². The summed E-state index contributed by atoms with van der Waals surface area (Å²) in [5, 5.41) is 17.4. The van der Waals surface area contributed by atoms with Gasteiger partial charge in [0, 0.05) is 0 Å². The zero-order chi connectivity index (χ0) is 9.07. The lowest BCUT2D eigenvalue weighted by Crippen LogP contribution is -2.33. The van der Waals surface area contributed by atoms with Gasteiger partial charge < -0.3 is 10.2 Å². The third-order valence-corrected chi connectivity index (χ3v) is 0.956. The van der Waals surface area contributed by atoms with E-state index in [9.17, 15) is 9.59 Å². The van der Waals surface area contributed by atoms with Crippen molar-refractivity contribution >= 4 is 11.9 Å². The van der Waals surface area contributed by atoms with Crippen LogP contribution in [-0.2, 0) is 9.59 Å². The van der Waals surface area contributed by atoms with E-state index in [4.69, 9.17) is 10.2 Å². The molecular weight excluding hydrogens is 150 g/mol. The standard InChI is InChI=1S/C6H7NO4/c1-4(9)5(10)6(2,11)7-3-8/h9,11H,1H2,2H3. The van der Waals surface area contributed by atoms with E-state index in [-0.39, 0.29) is 0 Å². The molecule has 1 atom stereocenters. The Morgan fingerprint density at radius 2 is 2.18 bits per heavy atom. The highest BCUT2D eigenvalue weighted by Gasteiger charge is 2.31. The van der Waals surface area contributed by atoms with E-state index in [2.05, 4.69) is 11.6 Å². The average molecular weight is 157 g/mol. The average Bonchev–Trinajstić information content (AvgIpc) is 1.86. The third-order valence-electron chi connectivity index (χ3n) is 0.956. The predicted molar refractivity (Wildman–Crippen MR) is 35.5 cm³/mol. The Morgan fingerprint density at radius 1 is 1.73 bits per heavy atom. The molecule has 5 nitrogen and oxygen atoms in total. The van der Waals surface area contributed by atoms with E-state index in [0.29, 0.717) is 0 Å². The normalized spacial score (nSPS) is 14.4. The van der Waals surface area contributed by atoms with Crippen LogP contribution in [0, 0.1) is 0 Å². The fourth-order valence-electron chi connectivity index (χ4n) is 0.413. The monoisotopic (exact) mass is 157 g/mol. The number of aliphatic hydroxyl groups is 2. The molecule has 0 aromatic carbocycles. The van der Waals surface area contributed by atoms with Crippen LogP contribution in [0.2, 0.25) is 0 Å². The topological polar surface area (TPSA) is 87.0 Å². The van der Waals surface area contributed by atoms with Crippen molar-refractivity contribution in [3.8, 4) is 0 Å². The van der Waals surface area contributed by atoms with Crippen molar-refractivity contribution in [2.24, 2.45) is 4.99 Å². The summed E-state index contributed by atoms with van der Waals surface area (Å²) in [5.74, 6) is -1.98. The maximum Gasteiger partial charge on any atom is 0.250 e. The Balaban J connectivity index is 4.69. The lowest BCUT2D eigenvalue weighted by atomic mass is 10.1. The van der Waals surface area contributed by atoms with Gasteiger partial charge in [-0.1, -0.05) is 6.58 Å². The molecule has 0 aromatic heterocycles. The number of ketones is 1. The van der Waals surface area contributed by atoms with Crippen molar-refractivity contribution in [1.82, 2.24) is 0 Å². The highest BCUT2D eigenvalue weighted by Crippen LogP contribution is 2.09. The lowest BCUT2D eigenvalue weighted by molar-refractivity contribution is -0.133. The van der Waals surface area contributed by atoms with Gasteiger partial charge in [0.15, 0.2) is 5.76 Å². The number of aliphatic hydroxyl groups excluding tert-OH is 1. The van der Waals surface area contributed by atoms with E-state index in [1.807, 2.05) is 0 Å². The van der Waals surface area contributed by atoms with Gasteiger partial charge in [-0.05, 0) is 6.92 Å². The number of Topliss-reactive ketones (excluding diaryl/α,β-unsaturated/α-hetero) is 1. The Kier molecular flexibility index (Phi) is 2.69. The van der Waals surface area contributed by atoms with Gasteiger partial charge in [-0.25, -0.2) is 4.79 Å². The number of isocyanates is 1. The summed E-state index contributed by atoms with van der Waals surface area (Å²) in [6.45, 7) is 3.81. The molecule has 0 rings (SSSR count). The van der Waals surface area contributed by atoms with Crippen LogP contribution in [0.15, 0.2) is 17.3 Å². The highest BCUT2D eigenvalue weighted by molar-refractivity contribution is 5.99. The minimum Gasteiger partial charge on any atom is -0.505 e. The van der Waals surface area contributed by atoms with Gasteiger partial charge in [-0.2, -0.15) is 4.99 Å². The first-order valence-corrected chi connectivity index (χ1v) is 2.66. The molecule has 0 aliphatic heterocycles. The van der Waals surface area contributed by atoms with Gasteiger partial charge in [0.05, 0.1) is 0 Å². The number of carbonyl (C=O) groups excluding carboxylic acids is 2. The second-order valence-corrected chi connectivity index (χ2v) is 2.00. The summed E-state index contributed by atoms with van der Waals surface area (Å²) in [7, 11) is 0. The van der Waals surface area contributed by atoms with Gasteiger partial charge in [0.25, 0.3) is 5.78 Å². The highest BCUT2D eigenvalue weighted by atomic mass is 16.3. The number of carbonyl (C=O) groups is 1. The number of rotatable bonds is 3. The van der Waals surface area contributed by atoms with Crippen LogP contribution in [0.3, 0.4) is 0 Å². The van der Waals surface area contributed by atoms with Gasteiger partial charge in [0.1, 0.15) is 0 Å². The molecule has 11 heavy (non-hydrogen) atoms. The first-order chi connectivity index (χ1) is 4.91. The number of hydrogen-bond acceptors (Lipinski definition) is 5. The van der Waals surface area contributed by atoms with Crippen LogP contribution in [0.25, 0.3) is 0 Å². The molecule has 5 heteroatoms. The van der Waals surface area contributed by atoms with Crippen molar-refractivity contribution in [3.63, 3.8) is 0 Å². The van der Waals surface area contributed by atoms with Crippen LogP contribution < -0.4 is 0 Å². The zero-order valence-electron chi connectivity index (χ0n) is 5.87. The Morgan fingerprint density at radius 3 is 2.45 bits per heavy atom. The van der Waals surface area contributed by atoms with E-state index < -0.39 is 17.3 Å². The van der Waals surface area contributed by atoms with Crippen LogP contribution in [0.5, 0.6) is 0 Å². The Labute approximate surface area is 62.7 Å². The van der Waals surface area contributed by atoms with E-state index in [1.54, 1.807) is 0 Å². The molecule has 0 aromatic rings. The SMILES string of the molecule is C=C(O)C(=O)C(C)(O)N=C=O. The number of hydrogen-bond donors (Lipinski definition) is 2. The lowest BCUT2D eigenvalue weighted by Gasteiger charge is -2.12. The minimum atomic E-state index is -2.26. The Bertz CT molecular complexity index is 237. The molecule has 0 bridgehead atoms. The van der Waals surface area contributed by atoms with Crippen molar-refractivity contribution in [1.29, 1.82) is 0 Å². The summed E-state index contributed by atoms with van der Waals surface area (Å²) in [5.41, 5.74) is -2.26. The molecule has 60 valence electrons. The van der Waals surface area contributed by atoms with Crippen LogP contribution in [-0.4, -0.2) is 27.8 Å². The van der Waals surface area contributed by atoms with Crippen molar-refractivity contribution in [2.45, 2.75) is 12.6 Å². The molecule has 0 spiro atoms. The first kappa shape index (κ1) is 9.55. The molecule has 0 aliphatic rings.